The van der Waals surface area contributed by atoms with Gasteiger partial charge in [0.1, 0.15) is 39.8 Å². The molecule has 3 heterocycles. The van der Waals surface area contributed by atoms with Crippen LogP contribution in [0.5, 0.6) is 5.75 Å². The SMILES string of the molecule is CCOc1cc(C(=O)Nc2cc(C(F)(F)F)ccn2)ccc1-c1nc(C2=C3C[C@](C(=O)O)(CC2O)C3O)n2ccnc(N)c12. The van der Waals surface area contributed by atoms with E-state index in [1.807, 2.05) is 0 Å². The highest BCUT2D eigenvalue weighted by atomic mass is 19.4. The van der Waals surface area contributed by atoms with Crippen LogP contribution in [-0.2, 0) is 11.0 Å². The van der Waals surface area contributed by atoms with Gasteiger partial charge in [-0.05, 0) is 55.7 Å². The fraction of sp³-hybridized carbons (Fsp3) is 0.276. The highest BCUT2D eigenvalue weighted by Crippen LogP contribution is 2.57. The number of aliphatic hydroxyl groups excluding tert-OH is 2. The number of hydrogen-bond donors (Lipinski definition) is 5. The van der Waals surface area contributed by atoms with Crippen LogP contribution in [0.15, 0.2) is 54.5 Å². The number of nitrogens with one attached hydrogen (secondary N) is 1. The van der Waals surface area contributed by atoms with Gasteiger partial charge in [-0.1, -0.05) is 0 Å². The number of imidazole rings is 1. The number of benzene rings is 1. The van der Waals surface area contributed by atoms with Crippen molar-refractivity contribution < 1.29 is 42.8 Å². The van der Waals surface area contributed by atoms with Gasteiger partial charge >= 0.3 is 12.1 Å². The fourth-order valence-electron chi connectivity index (χ4n) is 5.84. The predicted molar refractivity (Wildman–Crippen MR) is 149 cm³/mol. The maximum absolute atomic E-state index is 13.1. The molecule has 3 aliphatic rings. The van der Waals surface area contributed by atoms with Crippen LogP contribution in [0.25, 0.3) is 22.3 Å². The van der Waals surface area contributed by atoms with E-state index in [1.54, 1.807) is 17.5 Å². The van der Waals surface area contributed by atoms with Crippen LogP contribution in [0.1, 0.15) is 41.5 Å². The monoisotopic (exact) mass is 610 g/mol. The van der Waals surface area contributed by atoms with Crippen molar-refractivity contribution in [2.75, 3.05) is 17.7 Å². The van der Waals surface area contributed by atoms with Crippen molar-refractivity contribution in [3.63, 3.8) is 0 Å². The molecule has 44 heavy (non-hydrogen) atoms. The van der Waals surface area contributed by atoms with Gasteiger partial charge in [-0.2, -0.15) is 13.2 Å². The minimum Gasteiger partial charge on any atom is -0.493 e. The third-order valence-electron chi connectivity index (χ3n) is 7.97. The molecule has 1 amide bonds. The van der Waals surface area contributed by atoms with E-state index in [-0.39, 0.29) is 59.5 Å². The van der Waals surface area contributed by atoms with Crippen LogP contribution < -0.4 is 15.8 Å². The van der Waals surface area contributed by atoms with Crippen molar-refractivity contribution in [1.82, 2.24) is 19.4 Å². The molecular weight excluding hydrogens is 585 g/mol. The Balaban J connectivity index is 1.42. The van der Waals surface area contributed by atoms with Crippen molar-refractivity contribution >= 4 is 34.6 Å². The molecule has 0 spiro atoms. The first-order valence-corrected chi connectivity index (χ1v) is 13.4. The Morgan fingerprint density at radius 2 is 1.95 bits per heavy atom. The second-order valence-electron chi connectivity index (χ2n) is 10.5. The topological polar surface area (TPSA) is 185 Å². The first-order valence-electron chi connectivity index (χ1n) is 13.4. The molecule has 2 bridgehead atoms. The summed E-state index contributed by atoms with van der Waals surface area (Å²) in [6, 6.07) is 5.86. The number of carboxylic acid groups (broad SMARTS) is 1. The van der Waals surface area contributed by atoms with E-state index in [1.165, 1.54) is 24.4 Å². The Hall–Kier alpha value is -5.02. The molecule has 6 N–H and O–H groups in total. The number of rotatable bonds is 7. The molecule has 1 aromatic carbocycles. The average Bonchev–Trinajstić information content (AvgIpc) is 3.36. The number of aromatic nitrogens is 4. The Labute approximate surface area is 246 Å². The van der Waals surface area contributed by atoms with Crippen LogP contribution in [-0.4, -0.2) is 65.4 Å². The maximum atomic E-state index is 13.1. The molecule has 0 aliphatic heterocycles. The minimum absolute atomic E-state index is 0.0510. The number of ether oxygens (including phenoxy) is 1. The summed E-state index contributed by atoms with van der Waals surface area (Å²) in [6.07, 6.45) is -3.37. The van der Waals surface area contributed by atoms with E-state index in [2.05, 4.69) is 15.3 Å². The first-order chi connectivity index (χ1) is 20.9. The molecule has 3 atom stereocenters. The number of alkyl halides is 3. The number of nitrogens with two attached hydrogens (primary N) is 1. The van der Waals surface area contributed by atoms with Gasteiger partial charge in [-0.25, -0.2) is 15.0 Å². The van der Waals surface area contributed by atoms with Crippen LogP contribution >= 0.6 is 0 Å². The number of nitrogens with zero attached hydrogens (tertiary/aromatic N) is 4. The number of amides is 1. The third kappa shape index (κ3) is 4.51. The van der Waals surface area contributed by atoms with E-state index in [4.69, 9.17) is 15.5 Å². The summed E-state index contributed by atoms with van der Waals surface area (Å²) in [7, 11) is 0. The summed E-state index contributed by atoms with van der Waals surface area (Å²) in [5, 5.41) is 33.8. The zero-order chi connectivity index (χ0) is 31.6. The lowest BCUT2D eigenvalue weighted by Crippen LogP contribution is -2.58. The van der Waals surface area contributed by atoms with Gasteiger partial charge < -0.3 is 31.1 Å². The molecular formula is C29H25F3N6O6. The van der Waals surface area contributed by atoms with Gasteiger partial charge in [0.05, 0.1) is 24.4 Å². The maximum Gasteiger partial charge on any atom is 0.416 e. The zero-order valence-corrected chi connectivity index (χ0v) is 23.0. The molecule has 1 fully saturated rings. The summed E-state index contributed by atoms with van der Waals surface area (Å²) in [4.78, 5) is 37.6. The number of fused-ring (bicyclic) bond motifs is 3. The number of halogens is 3. The molecule has 15 heteroatoms. The van der Waals surface area contributed by atoms with E-state index in [0.717, 1.165) is 18.3 Å². The zero-order valence-electron chi connectivity index (χ0n) is 23.0. The molecule has 3 aliphatic carbocycles. The lowest BCUT2D eigenvalue weighted by molar-refractivity contribution is -0.166. The molecule has 12 nitrogen and oxygen atoms in total. The number of carbonyl (C=O) groups excluding carboxylic acids is 1. The van der Waals surface area contributed by atoms with Gasteiger partial charge in [0, 0.05) is 35.3 Å². The number of hydrogen-bond acceptors (Lipinski definition) is 9. The number of carbonyl (C=O) groups is 2. The lowest BCUT2D eigenvalue weighted by Gasteiger charge is -2.51. The first kappa shape index (κ1) is 29.1. The van der Waals surface area contributed by atoms with Crippen LogP contribution in [0, 0.1) is 5.41 Å². The van der Waals surface area contributed by atoms with Crippen molar-refractivity contribution in [3.05, 3.63) is 71.4 Å². The van der Waals surface area contributed by atoms with Gasteiger partial charge in [-0.15, -0.1) is 0 Å². The van der Waals surface area contributed by atoms with Crippen molar-refractivity contribution in [3.8, 4) is 17.0 Å². The average molecular weight is 611 g/mol. The smallest absolute Gasteiger partial charge is 0.416 e. The van der Waals surface area contributed by atoms with Crippen LogP contribution in [0.3, 0.4) is 0 Å². The number of pyridine rings is 1. The van der Waals surface area contributed by atoms with Crippen molar-refractivity contribution in [2.45, 2.75) is 38.1 Å². The van der Waals surface area contributed by atoms with Gasteiger partial charge in [-0.3, -0.25) is 14.0 Å². The molecule has 7 rings (SSSR count). The third-order valence-corrected chi connectivity index (χ3v) is 7.97. The summed E-state index contributed by atoms with van der Waals surface area (Å²) >= 11 is 0. The van der Waals surface area contributed by atoms with Crippen LogP contribution in [0.2, 0.25) is 0 Å². The van der Waals surface area contributed by atoms with Gasteiger partial charge in [0.2, 0.25) is 0 Å². The number of carboxylic acids is 1. The molecule has 0 radical (unpaired) electrons. The lowest BCUT2D eigenvalue weighted by atomic mass is 9.54. The summed E-state index contributed by atoms with van der Waals surface area (Å²) in [6.45, 7) is 1.89. The molecule has 0 saturated heterocycles. The van der Waals surface area contributed by atoms with E-state index in [9.17, 15) is 38.1 Å². The number of aliphatic carboxylic acids is 1. The number of nitrogen functional groups attached to an aromatic ring is 1. The van der Waals surface area contributed by atoms with Crippen LogP contribution in [0.4, 0.5) is 24.8 Å². The normalized spacial score (nSPS) is 21.2. The Bertz CT molecular complexity index is 1870. The second-order valence-corrected chi connectivity index (χ2v) is 10.5. The van der Waals surface area contributed by atoms with Crippen molar-refractivity contribution in [2.24, 2.45) is 5.41 Å². The number of anilines is 2. The highest BCUT2D eigenvalue weighted by Gasteiger charge is 2.61. The summed E-state index contributed by atoms with van der Waals surface area (Å²) in [5.41, 5.74) is 5.52. The summed E-state index contributed by atoms with van der Waals surface area (Å²) < 4.78 is 46.7. The van der Waals surface area contributed by atoms with E-state index in [0.29, 0.717) is 16.7 Å². The molecule has 4 aromatic rings. The highest BCUT2D eigenvalue weighted by molar-refractivity contribution is 6.05. The molecule has 1 saturated carbocycles. The Morgan fingerprint density at radius 1 is 1.18 bits per heavy atom. The van der Waals surface area contributed by atoms with Gasteiger partial charge in [0.15, 0.2) is 0 Å². The van der Waals surface area contributed by atoms with E-state index < -0.39 is 41.2 Å². The molecule has 3 aromatic heterocycles. The Kier molecular flexibility index (Phi) is 6.81. The fourth-order valence-corrected chi connectivity index (χ4v) is 5.84. The number of aliphatic hydroxyl groups is 2. The van der Waals surface area contributed by atoms with E-state index >= 15 is 0 Å². The van der Waals surface area contributed by atoms with Gasteiger partial charge in [0.25, 0.3) is 5.91 Å². The molecule has 2 unspecified atom stereocenters. The standard InChI is InChI=1S/C29H25F3N6O6/c1-2-44-18-9-13(26(41)36-19-10-14(5-6-34-19)29(30,31)32)3-4-15(18)21-22-24(33)35-7-8-38(22)25(37-21)20-16-11-28(23(16)40,27(42)43)12-17(20)39/h3-10,17,23,39-40H,2,11-12H2,1H3,(H2,33,35)(H,42,43)(H,34,36,41)/t17?,23?,28-/m0/s1. The summed E-state index contributed by atoms with van der Waals surface area (Å²) in [5.74, 6) is -1.72. The Morgan fingerprint density at radius 3 is 2.64 bits per heavy atom. The second kappa shape index (κ2) is 10.3. The predicted octanol–water partition coefficient (Wildman–Crippen LogP) is 3.40. The molecule has 228 valence electrons. The van der Waals surface area contributed by atoms with Crippen molar-refractivity contribution in [1.29, 1.82) is 0 Å². The minimum atomic E-state index is -4.62. The quantitative estimate of drug-likeness (QED) is 0.208. The largest absolute Gasteiger partial charge is 0.493 e.